The maximum atomic E-state index is 5.97. The molecule has 1 heterocycles. The van der Waals surface area contributed by atoms with Crippen LogP contribution in [0.25, 0.3) is 0 Å². The summed E-state index contributed by atoms with van der Waals surface area (Å²) in [5, 5.41) is 3.67. The number of nitrogens with two attached hydrogens (primary N) is 1. The van der Waals surface area contributed by atoms with Gasteiger partial charge in [-0.25, -0.2) is 0 Å². The Morgan fingerprint density at radius 1 is 1.52 bits per heavy atom. The van der Waals surface area contributed by atoms with Gasteiger partial charge >= 0.3 is 0 Å². The van der Waals surface area contributed by atoms with Crippen LogP contribution in [0.4, 0.5) is 5.69 Å². The first-order valence-electron chi connectivity index (χ1n) is 7.55. The molecule has 0 saturated carbocycles. The number of piperidine rings is 1. The first-order valence-corrected chi connectivity index (χ1v) is 8.94. The normalized spacial score (nSPS) is 23.0. The van der Waals surface area contributed by atoms with Crippen LogP contribution in [0.3, 0.4) is 0 Å². The van der Waals surface area contributed by atoms with E-state index in [0.717, 1.165) is 36.4 Å². The average molecular weight is 324 g/mol. The zero-order valence-corrected chi connectivity index (χ0v) is 14.7. The van der Waals surface area contributed by atoms with Gasteiger partial charge in [-0.2, -0.15) is 0 Å². The van der Waals surface area contributed by atoms with Crippen molar-refractivity contribution in [3.05, 3.63) is 23.8 Å². The highest BCUT2D eigenvalue weighted by atomic mass is 32.2. The van der Waals surface area contributed by atoms with E-state index in [0.29, 0.717) is 17.1 Å². The number of nitrogens with zero attached hydrogens (tertiary/aromatic N) is 1. The second-order valence-electron chi connectivity index (χ2n) is 5.67. The number of benzene rings is 1. The lowest BCUT2D eigenvalue weighted by molar-refractivity contribution is 0.190. The molecule has 1 saturated heterocycles. The average Bonchev–Trinajstić information content (AvgIpc) is 2.43. The molecule has 116 valence electrons. The molecule has 3 N–H and O–H groups in total. The number of hydrogen-bond donors (Lipinski definition) is 2. The highest BCUT2D eigenvalue weighted by Crippen LogP contribution is 2.30. The van der Waals surface area contributed by atoms with Crippen molar-refractivity contribution >= 4 is 34.7 Å². The van der Waals surface area contributed by atoms with E-state index in [-0.39, 0.29) is 0 Å². The summed E-state index contributed by atoms with van der Waals surface area (Å²) in [6.45, 7) is 5.56. The van der Waals surface area contributed by atoms with E-state index in [1.807, 2.05) is 0 Å². The molecular weight excluding hydrogens is 298 g/mol. The number of nitrogens with one attached hydrogen (secondary N) is 1. The second kappa shape index (κ2) is 7.47. The maximum Gasteiger partial charge on any atom is 0.107 e. The first kappa shape index (κ1) is 16.6. The lowest BCUT2D eigenvalue weighted by Crippen LogP contribution is -2.42. The molecule has 1 fully saturated rings. The highest BCUT2D eigenvalue weighted by Gasteiger charge is 2.23. The van der Waals surface area contributed by atoms with Crippen LogP contribution in [0.15, 0.2) is 23.1 Å². The van der Waals surface area contributed by atoms with Gasteiger partial charge in [-0.1, -0.05) is 25.2 Å². The molecule has 0 radical (unpaired) electrons. The zero-order valence-electron chi connectivity index (χ0n) is 13.1. The molecule has 1 aliphatic rings. The molecular formula is C16H25N3S2. The Bertz CT molecular complexity index is 504. The van der Waals surface area contributed by atoms with E-state index in [9.17, 15) is 0 Å². The summed E-state index contributed by atoms with van der Waals surface area (Å²) >= 11 is 7.07. The Kier molecular flexibility index (Phi) is 5.90. The summed E-state index contributed by atoms with van der Waals surface area (Å²) in [5.74, 6) is 1.02. The molecule has 1 aliphatic heterocycles. The van der Waals surface area contributed by atoms with Gasteiger partial charge in [-0.05, 0) is 44.7 Å². The van der Waals surface area contributed by atoms with Crippen LogP contribution < -0.4 is 11.1 Å². The van der Waals surface area contributed by atoms with Crippen LogP contribution >= 0.6 is 24.0 Å². The first-order chi connectivity index (χ1) is 10.0. The third-order valence-electron chi connectivity index (χ3n) is 4.14. The highest BCUT2D eigenvalue weighted by molar-refractivity contribution is 7.99. The van der Waals surface area contributed by atoms with Crippen molar-refractivity contribution in [3.8, 4) is 0 Å². The predicted molar refractivity (Wildman–Crippen MR) is 97.5 cm³/mol. The molecule has 2 unspecified atom stereocenters. The molecule has 3 nitrogen and oxygen atoms in total. The van der Waals surface area contributed by atoms with Crippen molar-refractivity contribution in [1.82, 2.24) is 4.90 Å². The molecule has 1 aromatic carbocycles. The van der Waals surface area contributed by atoms with Gasteiger partial charge in [-0.3, -0.25) is 0 Å². The van der Waals surface area contributed by atoms with Crippen molar-refractivity contribution in [2.24, 2.45) is 5.73 Å². The summed E-state index contributed by atoms with van der Waals surface area (Å²) in [4.78, 5) is 4.07. The number of likely N-dealkylation sites (tertiary alicyclic amines) is 1. The van der Waals surface area contributed by atoms with Crippen molar-refractivity contribution in [1.29, 1.82) is 0 Å². The van der Waals surface area contributed by atoms with E-state index in [1.54, 1.807) is 11.8 Å². The van der Waals surface area contributed by atoms with Crippen LogP contribution in [0.5, 0.6) is 0 Å². The van der Waals surface area contributed by atoms with Crippen LogP contribution in [-0.4, -0.2) is 41.3 Å². The third-order valence-corrected chi connectivity index (χ3v) is 5.28. The van der Waals surface area contributed by atoms with Crippen molar-refractivity contribution in [3.63, 3.8) is 0 Å². The van der Waals surface area contributed by atoms with Gasteiger partial charge in [0.05, 0.1) is 0 Å². The van der Waals surface area contributed by atoms with Gasteiger partial charge in [-0.15, -0.1) is 11.8 Å². The number of anilines is 1. The number of thiocarbonyl (C=S) groups is 1. The second-order valence-corrected chi connectivity index (χ2v) is 7.42. The zero-order chi connectivity index (χ0) is 15.4. The molecule has 2 atom stereocenters. The molecule has 0 bridgehead atoms. The van der Waals surface area contributed by atoms with E-state index >= 15 is 0 Å². The van der Waals surface area contributed by atoms with Crippen molar-refractivity contribution in [2.45, 2.75) is 43.7 Å². The SMILES string of the molecule is CCSc1cccc(NC2CCN(C)C(C)C2)c1C(N)=S. The fourth-order valence-electron chi connectivity index (χ4n) is 2.82. The van der Waals surface area contributed by atoms with Crippen LogP contribution in [-0.2, 0) is 0 Å². The monoisotopic (exact) mass is 323 g/mol. The summed E-state index contributed by atoms with van der Waals surface area (Å²) in [5.41, 5.74) is 8.06. The topological polar surface area (TPSA) is 41.3 Å². The molecule has 0 aromatic heterocycles. The van der Waals surface area contributed by atoms with Crippen LogP contribution in [0.1, 0.15) is 32.3 Å². The van der Waals surface area contributed by atoms with Gasteiger partial charge in [0.2, 0.25) is 0 Å². The number of hydrogen-bond acceptors (Lipinski definition) is 4. The van der Waals surface area contributed by atoms with E-state index in [1.165, 1.54) is 4.90 Å². The Hall–Kier alpha value is -0.780. The molecule has 5 heteroatoms. The molecule has 2 rings (SSSR count). The Labute approximate surface area is 137 Å². The largest absolute Gasteiger partial charge is 0.389 e. The molecule has 0 aliphatic carbocycles. The lowest BCUT2D eigenvalue weighted by Gasteiger charge is -2.36. The number of thioether (sulfide) groups is 1. The summed E-state index contributed by atoms with van der Waals surface area (Å²) in [6.07, 6.45) is 2.31. The number of rotatable bonds is 5. The predicted octanol–water partition coefficient (Wildman–Crippen LogP) is 3.33. The minimum Gasteiger partial charge on any atom is -0.389 e. The van der Waals surface area contributed by atoms with Crippen molar-refractivity contribution in [2.75, 3.05) is 24.7 Å². The van der Waals surface area contributed by atoms with Gasteiger partial charge in [0.1, 0.15) is 4.99 Å². The Morgan fingerprint density at radius 3 is 2.90 bits per heavy atom. The standard InChI is InChI=1S/C16H25N3S2/c1-4-21-14-7-5-6-13(15(14)16(17)20)18-12-8-9-19(3)11(2)10-12/h5-7,11-12,18H,4,8-10H2,1-3H3,(H2,17,20). The molecule has 1 aromatic rings. The summed E-state index contributed by atoms with van der Waals surface area (Å²) in [6, 6.07) is 7.38. The Balaban J connectivity index is 2.19. The van der Waals surface area contributed by atoms with Gasteiger partial charge in [0, 0.05) is 34.8 Å². The van der Waals surface area contributed by atoms with Gasteiger partial charge in [0.25, 0.3) is 0 Å². The van der Waals surface area contributed by atoms with E-state index < -0.39 is 0 Å². The lowest BCUT2D eigenvalue weighted by atomic mass is 9.98. The van der Waals surface area contributed by atoms with Crippen LogP contribution in [0.2, 0.25) is 0 Å². The third kappa shape index (κ3) is 4.11. The van der Waals surface area contributed by atoms with Gasteiger partial charge < -0.3 is 16.0 Å². The summed E-state index contributed by atoms with van der Waals surface area (Å²) in [7, 11) is 2.19. The van der Waals surface area contributed by atoms with E-state index in [4.69, 9.17) is 18.0 Å². The smallest absolute Gasteiger partial charge is 0.107 e. The fourth-order valence-corrected chi connectivity index (χ4v) is 3.96. The molecule has 0 spiro atoms. The van der Waals surface area contributed by atoms with Crippen molar-refractivity contribution < 1.29 is 0 Å². The molecule has 0 amide bonds. The minimum atomic E-state index is 0.482. The quantitative estimate of drug-likeness (QED) is 0.642. The van der Waals surface area contributed by atoms with E-state index in [2.05, 4.69) is 49.3 Å². The molecule has 21 heavy (non-hydrogen) atoms. The fraction of sp³-hybridized carbons (Fsp3) is 0.562. The summed E-state index contributed by atoms with van der Waals surface area (Å²) < 4.78 is 0. The minimum absolute atomic E-state index is 0.482. The maximum absolute atomic E-state index is 5.97. The Morgan fingerprint density at radius 2 is 2.29 bits per heavy atom. The van der Waals surface area contributed by atoms with Gasteiger partial charge in [0.15, 0.2) is 0 Å². The van der Waals surface area contributed by atoms with Crippen LogP contribution in [0, 0.1) is 0 Å².